The minimum Gasteiger partial charge on any atom is -0.490 e. The zero-order valence-corrected chi connectivity index (χ0v) is 18.4. The molecule has 30 heavy (non-hydrogen) atoms. The average molecular weight is 417 g/mol. The van der Waals surface area contributed by atoms with Gasteiger partial charge in [0.05, 0.1) is 19.8 Å². The molecular weight excluding hydrogens is 384 g/mol. The first kappa shape index (κ1) is 21.8. The highest BCUT2D eigenvalue weighted by molar-refractivity contribution is 5.95. The van der Waals surface area contributed by atoms with Gasteiger partial charge in [0.25, 0.3) is 5.91 Å². The summed E-state index contributed by atoms with van der Waals surface area (Å²) in [5, 5.41) is 0. The highest BCUT2D eigenvalue weighted by atomic mass is 16.5. The van der Waals surface area contributed by atoms with Crippen molar-refractivity contribution in [2.45, 2.75) is 34.2 Å². The molecule has 0 bridgehead atoms. The Morgan fingerprint density at radius 1 is 0.933 bits per heavy atom. The molecule has 8 heteroatoms. The van der Waals surface area contributed by atoms with Crippen molar-refractivity contribution in [1.29, 1.82) is 0 Å². The van der Waals surface area contributed by atoms with E-state index >= 15 is 0 Å². The third-order valence-corrected chi connectivity index (χ3v) is 5.04. The van der Waals surface area contributed by atoms with E-state index in [0.29, 0.717) is 55.7 Å². The van der Waals surface area contributed by atoms with Crippen LogP contribution < -0.4 is 19.1 Å². The van der Waals surface area contributed by atoms with E-state index in [0.717, 1.165) is 25.6 Å². The molecule has 1 fully saturated rings. The molecule has 1 amide bonds. The Kier molecular flexibility index (Phi) is 7.43. The van der Waals surface area contributed by atoms with Gasteiger partial charge in [-0.25, -0.2) is 4.98 Å². The van der Waals surface area contributed by atoms with E-state index in [9.17, 15) is 4.79 Å². The predicted octanol–water partition coefficient (Wildman–Crippen LogP) is 3.06. The zero-order chi connectivity index (χ0) is 21.5. The maximum Gasteiger partial charge on any atom is 0.254 e. The summed E-state index contributed by atoms with van der Waals surface area (Å²) in [5.41, 5.74) is 0.550. The largest absolute Gasteiger partial charge is 0.490 e. The quantitative estimate of drug-likeness (QED) is 0.626. The number of carbonyl (C=O) groups is 1. The van der Waals surface area contributed by atoms with Gasteiger partial charge in [-0.3, -0.25) is 4.79 Å². The molecule has 0 N–H and O–H groups in total. The summed E-state index contributed by atoms with van der Waals surface area (Å²) in [7, 11) is 0. The molecule has 164 valence electrons. The molecule has 1 aromatic heterocycles. The van der Waals surface area contributed by atoms with Gasteiger partial charge in [0.2, 0.25) is 11.7 Å². The second kappa shape index (κ2) is 10.2. The molecule has 0 saturated carbocycles. The van der Waals surface area contributed by atoms with Gasteiger partial charge < -0.3 is 28.6 Å². The van der Waals surface area contributed by atoms with Crippen LogP contribution in [-0.2, 0) is 6.54 Å². The summed E-state index contributed by atoms with van der Waals surface area (Å²) in [5.74, 6) is 2.56. The monoisotopic (exact) mass is 416 g/mol. The summed E-state index contributed by atoms with van der Waals surface area (Å²) in [6.07, 6.45) is 3.80. The van der Waals surface area contributed by atoms with E-state index in [2.05, 4.69) is 21.4 Å². The Morgan fingerprint density at radius 2 is 1.53 bits per heavy atom. The van der Waals surface area contributed by atoms with Crippen LogP contribution in [0.25, 0.3) is 0 Å². The topological polar surface area (TPSA) is 69.1 Å². The van der Waals surface area contributed by atoms with E-state index < -0.39 is 0 Å². The van der Waals surface area contributed by atoms with Gasteiger partial charge in [0.15, 0.2) is 11.5 Å². The maximum atomic E-state index is 13.2. The summed E-state index contributed by atoms with van der Waals surface area (Å²) in [6.45, 7) is 12.9. The van der Waals surface area contributed by atoms with Gasteiger partial charge in [0, 0.05) is 50.7 Å². The predicted molar refractivity (Wildman–Crippen MR) is 116 cm³/mol. The Balaban J connectivity index is 1.77. The van der Waals surface area contributed by atoms with Crippen molar-refractivity contribution in [3.8, 4) is 17.2 Å². The second-order valence-corrected chi connectivity index (χ2v) is 6.89. The molecule has 1 aliphatic rings. The minimum absolute atomic E-state index is 0.0292. The fraction of sp³-hybridized carbons (Fsp3) is 0.545. The lowest BCUT2D eigenvalue weighted by Crippen LogP contribution is -2.49. The number of rotatable bonds is 9. The van der Waals surface area contributed by atoms with Crippen LogP contribution in [0.15, 0.2) is 24.5 Å². The Hall–Kier alpha value is -2.90. The van der Waals surface area contributed by atoms with Crippen molar-refractivity contribution in [1.82, 2.24) is 14.5 Å². The number of benzene rings is 1. The number of nitrogens with zero attached hydrogens (tertiary/aromatic N) is 4. The second-order valence-electron chi connectivity index (χ2n) is 6.89. The van der Waals surface area contributed by atoms with Crippen molar-refractivity contribution in [3.05, 3.63) is 30.1 Å². The third kappa shape index (κ3) is 4.63. The number of amides is 1. The normalized spacial score (nSPS) is 14.0. The number of aromatic nitrogens is 2. The summed E-state index contributed by atoms with van der Waals surface area (Å²) < 4.78 is 19.4. The smallest absolute Gasteiger partial charge is 0.254 e. The number of imidazole rings is 1. The van der Waals surface area contributed by atoms with Crippen LogP contribution >= 0.6 is 0 Å². The number of ether oxygens (including phenoxy) is 3. The van der Waals surface area contributed by atoms with Crippen LogP contribution in [0.4, 0.5) is 5.95 Å². The van der Waals surface area contributed by atoms with E-state index in [-0.39, 0.29) is 5.91 Å². The zero-order valence-electron chi connectivity index (χ0n) is 18.4. The molecule has 2 heterocycles. The van der Waals surface area contributed by atoms with Crippen LogP contribution in [0.1, 0.15) is 38.1 Å². The van der Waals surface area contributed by atoms with Crippen molar-refractivity contribution in [2.75, 3.05) is 50.9 Å². The molecular formula is C22H32N4O4. The van der Waals surface area contributed by atoms with Gasteiger partial charge in [-0.05, 0) is 39.8 Å². The van der Waals surface area contributed by atoms with Crippen molar-refractivity contribution in [2.24, 2.45) is 0 Å². The Labute approximate surface area is 178 Å². The first-order valence-electron chi connectivity index (χ1n) is 10.7. The van der Waals surface area contributed by atoms with Crippen LogP contribution in [0.5, 0.6) is 17.2 Å². The van der Waals surface area contributed by atoms with Crippen molar-refractivity contribution < 1.29 is 19.0 Å². The van der Waals surface area contributed by atoms with Crippen LogP contribution in [0.2, 0.25) is 0 Å². The number of hydrogen-bond donors (Lipinski definition) is 0. The number of anilines is 1. The first-order valence-corrected chi connectivity index (χ1v) is 10.7. The van der Waals surface area contributed by atoms with Crippen LogP contribution in [-0.4, -0.2) is 66.4 Å². The van der Waals surface area contributed by atoms with Crippen LogP contribution in [0.3, 0.4) is 0 Å². The number of piperazine rings is 1. The summed E-state index contributed by atoms with van der Waals surface area (Å²) in [6, 6.07) is 3.52. The molecule has 1 aromatic carbocycles. The average Bonchev–Trinajstić information content (AvgIpc) is 3.24. The van der Waals surface area contributed by atoms with Gasteiger partial charge in [-0.15, -0.1) is 0 Å². The highest BCUT2D eigenvalue weighted by Crippen LogP contribution is 2.39. The molecule has 0 unspecified atom stereocenters. The van der Waals surface area contributed by atoms with E-state index in [1.807, 2.05) is 38.1 Å². The summed E-state index contributed by atoms with van der Waals surface area (Å²) in [4.78, 5) is 21.8. The summed E-state index contributed by atoms with van der Waals surface area (Å²) >= 11 is 0. The highest BCUT2D eigenvalue weighted by Gasteiger charge is 2.26. The van der Waals surface area contributed by atoms with E-state index in [1.54, 1.807) is 12.1 Å². The Morgan fingerprint density at radius 3 is 2.07 bits per heavy atom. The van der Waals surface area contributed by atoms with Crippen molar-refractivity contribution in [3.63, 3.8) is 0 Å². The molecule has 8 nitrogen and oxygen atoms in total. The molecule has 0 spiro atoms. The SMILES string of the molecule is CCOc1cc(C(=O)N2CCN(c3nccn3CC)CC2)cc(OCC)c1OCC. The van der Waals surface area contributed by atoms with E-state index in [1.165, 1.54) is 0 Å². The molecule has 0 atom stereocenters. The molecule has 1 aliphatic heterocycles. The van der Waals surface area contributed by atoms with Crippen LogP contribution in [0, 0.1) is 0 Å². The molecule has 0 aliphatic carbocycles. The molecule has 1 saturated heterocycles. The minimum atomic E-state index is -0.0292. The lowest BCUT2D eigenvalue weighted by atomic mass is 10.1. The van der Waals surface area contributed by atoms with Gasteiger partial charge in [0.1, 0.15) is 0 Å². The van der Waals surface area contributed by atoms with Gasteiger partial charge in [-0.1, -0.05) is 0 Å². The standard InChI is InChI=1S/C22H32N4O4/c1-5-24-10-9-23-22(24)26-13-11-25(12-14-26)21(27)17-15-18(28-6-2)20(30-8-4)19(16-17)29-7-3/h9-10,15-16H,5-8,11-14H2,1-4H3. The van der Waals surface area contributed by atoms with Gasteiger partial charge >= 0.3 is 0 Å². The number of aryl methyl sites for hydroxylation is 1. The number of carbonyl (C=O) groups excluding carboxylic acids is 1. The molecule has 2 aromatic rings. The van der Waals surface area contributed by atoms with Crippen molar-refractivity contribution >= 4 is 11.9 Å². The molecule has 3 rings (SSSR count). The fourth-order valence-electron chi connectivity index (χ4n) is 3.64. The fourth-order valence-corrected chi connectivity index (χ4v) is 3.64. The molecule has 0 radical (unpaired) electrons. The maximum absolute atomic E-state index is 13.2. The number of hydrogen-bond acceptors (Lipinski definition) is 6. The lowest BCUT2D eigenvalue weighted by molar-refractivity contribution is 0.0745. The first-order chi connectivity index (χ1) is 14.6. The van der Waals surface area contributed by atoms with Gasteiger partial charge in [-0.2, -0.15) is 0 Å². The Bertz CT molecular complexity index is 816. The van der Waals surface area contributed by atoms with E-state index in [4.69, 9.17) is 14.2 Å². The lowest BCUT2D eigenvalue weighted by Gasteiger charge is -2.35. The third-order valence-electron chi connectivity index (χ3n) is 5.04.